The molecule has 0 spiro atoms. The summed E-state index contributed by atoms with van der Waals surface area (Å²) in [5.41, 5.74) is 7.75. The van der Waals surface area contributed by atoms with Crippen LogP contribution in [0.5, 0.6) is 0 Å². The fourth-order valence-corrected chi connectivity index (χ4v) is 2.04. The molecule has 1 atom stereocenters. The zero-order valence-electron chi connectivity index (χ0n) is 11.6. The lowest BCUT2D eigenvalue weighted by Gasteiger charge is -2.22. The number of aryl methyl sites for hydroxylation is 1. The van der Waals surface area contributed by atoms with Crippen LogP contribution in [-0.2, 0) is 11.2 Å². The maximum absolute atomic E-state index is 11.9. The predicted octanol–water partition coefficient (Wildman–Crippen LogP) is 2.17. The molecule has 0 bridgehead atoms. The molecule has 3 nitrogen and oxygen atoms in total. The Morgan fingerprint density at radius 3 is 2.67 bits per heavy atom. The Hall–Kier alpha value is -1.35. The number of hydrogen-bond acceptors (Lipinski definition) is 2. The fraction of sp³-hybridized carbons (Fsp3) is 0.533. The Morgan fingerprint density at radius 1 is 1.39 bits per heavy atom. The summed E-state index contributed by atoms with van der Waals surface area (Å²) in [7, 11) is 0. The van der Waals surface area contributed by atoms with Crippen molar-refractivity contribution < 1.29 is 4.79 Å². The van der Waals surface area contributed by atoms with E-state index in [4.69, 9.17) is 5.73 Å². The lowest BCUT2D eigenvalue weighted by atomic mass is 9.96. The number of nitrogens with one attached hydrogen (secondary N) is 1. The minimum Gasteiger partial charge on any atom is -0.354 e. The van der Waals surface area contributed by atoms with Crippen LogP contribution in [0.15, 0.2) is 24.3 Å². The zero-order valence-corrected chi connectivity index (χ0v) is 11.6. The van der Waals surface area contributed by atoms with E-state index < -0.39 is 5.54 Å². The van der Waals surface area contributed by atoms with E-state index in [1.807, 2.05) is 19.1 Å². The fourth-order valence-electron chi connectivity index (χ4n) is 2.04. The van der Waals surface area contributed by atoms with Gasteiger partial charge in [0.15, 0.2) is 0 Å². The Kier molecular flexibility index (Phi) is 5.35. The summed E-state index contributed by atoms with van der Waals surface area (Å²) in [6.45, 7) is 6.55. The summed E-state index contributed by atoms with van der Waals surface area (Å²) in [4.78, 5) is 11.9. The first-order valence-corrected chi connectivity index (χ1v) is 6.59. The first-order chi connectivity index (χ1) is 8.47. The average Bonchev–Trinajstić information content (AvgIpc) is 2.31. The van der Waals surface area contributed by atoms with Gasteiger partial charge in [0.2, 0.25) is 5.91 Å². The minimum absolute atomic E-state index is 0.0575. The molecule has 3 heteroatoms. The Bertz CT molecular complexity index is 399. The Labute approximate surface area is 110 Å². The maximum Gasteiger partial charge on any atom is 0.239 e. The third kappa shape index (κ3) is 4.15. The lowest BCUT2D eigenvalue weighted by Crippen LogP contribution is -2.51. The van der Waals surface area contributed by atoms with E-state index in [2.05, 4.69) is 24.4 Å². The van der Waals surface area contributed by atoms with E-state index in [0.29, 0.717) is 13.0 Å². The number of carbonyl (C=O) groups excluding carboxylic acids is 1. The SMILES string of the molecule is CCCC(C)(N)C(=O)NCCc1ccccc1C. The first-order valence-electron chi connectivity index (χ1n) is 6.59. The molecule has 0 aliphatic rings. The van der Waals surface area contributed by atoms with Crippen LogP contribution in [0.2, 0.25) is 0 Å². The number of hydrogen-bond donors (Lipinski definition) is 2. The highest BCUT2D eigenvalue weighted by Crippen LogP contribution is 2.09. The molecule has 100 valence electrons. The molecule has 1 rings (SSSR count). The molecule has 0 fully saturated rings. The molecule has 1 aromatic rings. The van der Waals surface area contributed by atoms with Crippen LogP contribution in [0, 0.1) is 6.92 Å². The molecule has 3 N–H and O–H groups in total. The van der Waals surface area contributed by atoms with Crippen molar-refractivity contribution in [1.82, 2.24) is 5.32 Å². The topological polar surface area (TPSA) is 55.1 Å². The molecule has 0 aliphatic heterocycles. The van der Waals surface area contributed by atoms with Gasteiger partial charge in [-0.2, -0.15) is 0 Å². The monoisotopic (exact) mass is 248 g/mol. The summed E-state index contributed by atoms with van der Waals surface area (Å²) < 4.78 is 0. The van der Waals surface area contributed by atoms with Gasteiger partial charge in [0.05, 0.1) is 5.54 Å². The minimum atomic E-state index is -0.750. The van der Waals surface area contributed by atoms with Crippen LogP contribution in [-0.4, -0.2) is 18.0 Å². The van der Waals surface area contributed by atoms with E-state index in [1.54, 1.807) is 6.92 Å². The molecule has 1 unspecified atom stereocenters. The van der Waals surface area contributed by atoms with Gasteiger partial charge >= 0.3 is 0 Å². The molecular weight excluding hydrogens is 224 g/mol. The molecule has 1 aromatic carbocycles. The van der Waals surface area contributed by atoms with Gasteiger partial charge in [-0.3, -0.25) is 4.79 Å². The van der Waals surface area contributed by atoms with Crippen molar-refractivity contribution in [3.8, 4) is 0 Å². The van der Waals surface area contributed by atoms with Crippen LogP contribution < -0.4 is 11.1 Å². The molecule has 18 heavy (non-hydrogen) atoms. The van der Waals surface area contributed by atoms with Crippen molar-refractivity contribution in [3.05, 3.63) is 35.4 Å². The molecule has 0 saturated carbocycles. The number of benzene rings is 1. The summed E-state index contributed by atoms with van der Waals surface area (Å²) >= 11 is 0. The molecular formula is C15H24N2O. The van der Waals surface area contributed by atoms with Gasteiger partial charge in [-0.05, 0) is 37.8 Å². The van der Waals surface area contributed by atoms with Crippen LogP contribution >= 0.6 is 0 Å². The van der Waals surface area contributed by atoms with Crippen molar-refractivity contribution in [2.75, 3.05) is 6.54 Å². The third-order valence-corrected chi connectivity index (χ3v) is 3.23. The summed E-state index contributed by atoms with van der Waals surface area (Å²) in [6.07, 6.45) is 2.47. The normalized spacial score (nSPS) is 14.0. The summed E-state index contributed by atoms with van der Waals surface area (Å²) in [5.74, 6) is -0.0575. The third-order valence-electron chi connectivity index (χ3n) is 3.23. The summed E-state index contributed by atoms with van der Waals surface area (Å²) in [5, 5.41) is 2.92. The smallest absolute Gasteiger partial charge is 0.239 e. The van der Waals surface area contributed by atoms with Crippen LogP contribution in [0.1, 0.15) is 37.8 Å². The predicted molar refractivity (Wildman–Crippen MR) is 75.4 cm³/mol. The second-order valence-electron chi connectivity index (χ2n) is 5.10. The van der Waals surface area contributed by atoms with Gasteiger partial charge < -0.3 is 11.1 Å². The van der Waals surface area contributed by atoms with Crippen molar-refractivity contribution in [2.45, 2.75) is 45.6 Å². The van der Waals surface area contributed by atoms with Crippen molar-refractivity contribution in [1.29, 1.82) is 0 Å². The highest BCUT2D eigenvalue weighted by atomic mass is 16.2. The second kappa shape index (κ2) is 6.55. The van der Waals surface area contributed by atoms with Crippen LogP contribution in [0.3, 0.4) is 0 Å². The van der Waals surface area contributed by atoms with E-state index in [0.717, 1.165) is 12.8 Å². The van der Waals surface area contributed by atoms with Crippen molar-refractivity contribution in [2.24, 2.45) is 5.73 Å². The average molecular weight is 248 g/mol. The van der Waals surface area contributed by atoms with E-state index in [9.17, 15) is 4.79 Å². The Morgan fingerprint density at radius 2 is 2.06 bits per heavy atom. The molecule has 0 aromatic heterocycles. The van der Waals surface area contributed by atoms with E-state index in [1.165, 1.54) is 11.1 Å². The van der Waals surface area contributed by atoms with Gasteiger partial charge in [-0.15, -0.1) is 0 Å². The highest BCUT2D eigenvalue weighted by molar-refractivity contribution is 5.85. The number of rotatable bonds is 6. The number of carbonyl (C=O) groups is 1. The van der Waals surface area contributed by atoms with Gasteiger partial charge in [0, 0.05) is 6.54 Å². The second-order valence-corrected chi connectivity index (χ2v) is 5.10. The standard InChI is InChI=1S/C15H24N2O/c1-4-10-15(3,16)14(18)17-11-9-13-8-6-5-7-12(13)2/h5-8H,4,9-11,16H2,1-3H3,(H,17,18). The summed E-state index contributed by atoms with van der Waals surface area (Å²) in [6, 6.07) is 8.22. The van der Waals surface area contributed by atoms with Crippen LogP contribution in [0.25, 0.3) is 0 Å². The van der Waals surface area contributed by atoms with Crippen LogP contribution in [0.4, 0.5) is 0 Å². The van der Waals surface area contributed by atoms with Gasteiger partial charge in [-0.25, -0.2) is 0 Å². The van der Waals surface area contributed by atoms with Gasteiger partial charge in [0.25, 0.3) is 0 Å². The van der Waals surface area contributed by atoms with E-state index in [-0.39, 0.29) is 5.91 Å². The van der Waals surface area contributed by atoms with Gasteiger partial charge in [-0.1, -0.05) is 37.6 Å². The number of amides is 1. The van der Waals surface area contributed by atoms with Crippen molar-refractivity contribution >= 4 is 5.91 Å². The molecule has 1 amide bonds. The zero-order chi connectivity index (χ0) is 13.6. The largest absolute Gasteiger partial charge is 0.354 e. The molecule has 0 heterocycles. The van der Waals surface area contributed by atoms with Gasteiger partial charge in [0.1, 0.15) is 0 Å². The van der Waals surface area contributed by atoms with Crippen molar-refractivity contribution in [3.63, 3.8) is 0 Å². The Balaban J connectivity index is 2.43. The molecule has 0 saturated heterocycles. The maximum atomic E-state index is 11.9. The quantitative estimate of drug-likeness (QED) is 0.810. The number of nitrogens with two attached hydrogens (primary N) is 1. The first kappa shape index (κ1) is 14.7. The molecule has 0 aliphatic carbocycles. The highest BCUT2D eigenvalue weighted by Gasteiger charge is 2.26. The lowest BCUT2D eigenvalue weighted by molar-refractivity contribution is -0.126. The van der Waals surface area contributed by atoms with E-state index >= 15 is 0 Å². The molecule has 0 radical (unpaired) electrons.